The van der Waals surface area contributed by atoms with E-state index in [0.717, 1.165) is 128 Å². The lowest BCUT2D eigenvalue weighted by Gasteiger charge is -2.18. The average Bonchev–Trinajstić information content (AvgIpc) is 3.38. The molecule has 0 aliphatic carbocycles. The van der Waals surface area contributed by atoms with Crippen LogP contribution >= 0.6 is 0 Å². The molecule has 0 bridgehead atoms. The molecular weight excluding hydrogens is 889 g/mol. The van der Waals surface area contributed by atoms with Crippen LogP contribution in [0.4, 0.5) is 0 Å². The van der Waals surface area contributed by atoms with Gasteiger partial charge in [-0.25, -0.2) is 0 Å². The largest absolute Gasteiger partial charge is 0.462 e. The summed E-state index contributed by atoms with van der Waals surface area (Å²) < 4.78 is 16.8. The molecule has 0 aliphatic heterocycles. The van der Waals surface area contributed by atoms with E-state index in [9.17, 15) is 14.4 Å². The fourth-order valence-corrected chi connectivity index (χ4v) is 7.81. The van der Waals surface area contributed by atoms with Gasteiger partial charge in [0.15, 0.2) is 6.10 Å². The van der Waals surface area contributed by atoms with E-state index in [2.05, 4.69) is 142 Å². The summed E-state index contributed by atoms with van der Waals surface area (Å²) in [6.07, 6.45) is 81.9. The number of unbranched alkanes of at least 4 members (excludes halogenated alkanes) is 21. The van der Waals surface area contributed by atoms with Gasteiger partial charge in [0.25, 0.3) is 0 Å². The molecule has 0 N–H and O–H groups in total. The van der Waals surface area contributed by atoms with E-state index in [-0.39, 0.29) is 31.1 Å². The minimum atomic E-state index is -0.812. The Morgan fingerprint density at radius 1 is 0.292 bits per heavy atom. The Morgan fingerprint density at radius 3 is 0.875 bits per heavy atom. The van der Waals surface area contributed by atoms with E-state index in [4.69, 9.17) is 14.2 Å². The first kappa shape index (κ1) is 67.8. The van der Waals surface area contributed by atoms with Gasteiger partial charge >= 0.3 is 17.9 Å². The molecular formula is C66H108O6. The topological polar surface area (TPSA) is 78.9 Å². The summed E-state index contributed by atoms with van der Waals surface area (Å²) in [7, 11) is 0. The molecule has 0 aromatic heterocycles. The normalized spacial score (nSPS) is 13.0. The first-order valence-electron chi connectivity index (χ1n) is 29.5. The van der Waals surface area contributed by atoms with Crippen molar-refractivity contribution in [3.05, 3.63) is 122 Å². The summed E-state index contributed by atoms with van der Waals surface area (Å²) in [6, 6.07) is 0. The molecule has 6 heteroatoms. The van der Waals surface area contributed by atoms with Gasteiger partial charge in [-0.1, -0.05) is 232 Å². The second-order valence-corrected chi connectivity index (χ2v) is 19.1. The monoisotopic (exact) mass is 997 g/mol. The summed E-state index contributed by atoms with van der Waals surface area (Å²) in [4.78, 5) is 38.2. The third-order valence-electron chi connectivity index (χ3n) is 12.2. The van der Waals surface area contributed by atoms with Crippen molar-refractivity contribution >= 4 is 17.9 Å². The fourth-order valence-electron chi connectivity index (χ4n) is 7.81. The van der Waals surface area contributed by atoms with E-state index in [0.29, 0.717) is 19.3 Å². The standard InChI is InChI=1S/C66H108O6/c1-4-7-10-13-16-19-22-25-28-31-33-35-38-41-44-47-50-53-56-59-65(68)71-62-63(61-70-64(67)58-55-52-49-46-43-40-37-30-27-24-21-18-15-12-9-6-3)72-66(69)60-57-54-51-48-45-42-39-36-34-32-29-26-23-20-17-14-11-8-5-2/h7,9-10,12,16,18-19,21,25,27-28,30,32-35,40-41,43-44,63H,4-6,8,11,13-15,17,20,22-24,26,29,31,36-39,42,45-62H2,1-3H3/b10-7-,12-9-,19-16-,21-18-,28-25-,30-27-,34-32-,35-33-,43-40-,44-41-. The van der Waals surface area contributed by atoms with Gasteiger partial charge in [0.1, 0.15) is 13.2 Å². The van der Waals surface area contributed by atoms with Gasteiger partial charge in [0.2, 0.25) is 0 Å². The van der Waals surface area contributed by atoms with Crippen molar-refractivity contribution in [1.29, 1.82) is 0 Å². The summed E-state index contributed by atoms with van der Waals surface area (Å²) >= 11 is 0. The Hall–Kier alpha value is -4.19. The maximum absolute atomic E-state index is 12.9. The molecule has 6 nitrogen and oxygen atoms in total. The highest BCUT2D eigenvalue weighted by Gasteiger charge is 2.19. The predicted octanol–water partition coefficient (Wildman–Crippen LogP) is 20.0. The molecule has 0 heterocycles. The van der Waals surface area contributed by atoms with Gasteiger partial charge in [0.05, 0.1) is 0 Å². The third-order valence-corrected chi connectivity index (χ3v) is 12.2. The molecule has 0 rings (SSSR count). The van der Waals surface area contributed by atoms with Crippen molar-refractivity contribution in [2.24, 2.45) is 0 Å². The molecule has 0 saturated heterocycles. The van der Waals surface area contributed by atoms with Crippen LogP contribution in [0, 0.1) is 0 Å². The van der Waals surface area contributed by atoms with Crippen molar-refractivity contribution in [1.82, 2.24) is 0 Å². The van der Waals surface area contributed by atoms with Crippen molar-refractivity contribution in [2.75, 3.05) is 13.2 Å². The number of hydrogen-bond donors (Lipinski definition) is 0. The molecule has 0 saturated carbocycles. The summed E-state index contributed by atoms with van der Waals surface area (Å²) in [5.41, 5.74) is 0. The van der Waals surface area contributed by atoms with Crippen LogP contribution in [0.15, 0.2) is 122 Å². The first-order valence-corrected chi connectivity index (χ1v) is 29.5. The maximum atomic E-state index is 12.9. The van der Waals surface area contributed by atoms with E-state index in [1.54, 1.807) is 0 Å². The van der Waals surface area contributed by atoms with E-state index in [1.165, 1.54) is 89.9 Å². The number of carbonyl (C=O) groups is 3. The molecule has 72 heavy (non-hydrogen) atoms. The zero-order valence-corrected chi connectivity index (χ0v) is 46.7. The Labute approximate surface area is 443 Å². The summed E-state index contributed by atoms with van der Waals surface area (Å²) in [6.45, 7) is 6.36. The SMILES string of the molecule is CC/C=C\C/C=C\C/C=C\C/C=C\C/C=C\CCCCCC(=O)OCC(COC(=O)CCCCC/C=C\C/C=C\C/C=C\C/C=C\CC)OC(=O)CCCCCCCCC/C=C\CCCCCCCCCC. The number of allylic oxidation sites excluding steroid dienone is 20. The number of carbonyl (C=O) groups excluding carboxylic acids is 3. The highest BCUT2D eigenvalue weighted by Crippen LogP contribution is 2.14. The zero-order valence-electron chi connectivity index (χ0n) is 46.7. The summed E-state index contributed by atoms with van der Waals surface area (Å²) in [5, 5.41) is 0. The van der Waals surface area contributed by atoms with Crippen LogP contribution in [0.25, 0.3) is 0 Å². The number of ether oxygens (including phenoxy) is 3. The Balaban J connectivity index is 4.51. The Bertz CT molecular complexity index is 1520. The maximum Gasteiger partial charge on any atom is 0.306 e. The van der Waals surface area contributed by atoms with Crippen LogP contribution in [-0.2, 0) is 28.6 Å². The van der Waals surface area contributed by atoms with E-state index >= 15 is 0 Å². The van der Waals surface area contributed by atoms with Crippen LogP contribution in [-0.4, -0.2) is 37.2 Å². The molecule has 0 radical (unpaired) electrons. The van der Waals surface area contributed by atoms with Crippen LogP contribution < -0.4 is 0 Å². The zero-order chi connectivity index (χ0) is 52.2. The van der Waals surface area contributed by atoms with Gasteiger partial charge in [-0.15, -0.1) is 0 Å². The van der Waals surface area contributed by atoms with Gasteiger partial charge in [0, 0.05) is 19.3 Å². The lowest BCUT2D eigenvalue weighted by Crippen LogP contribution is -2.30. The van der Waals surface area contributed by atoms with Crippen LogP contribution in [0.1, 0.15) is 258 Å². The third kappa shape index (κ3) is 56.7. The molecule has 408 valence electrons. The summed E-state index contributed by atoms with van der Waals surface area (Å²) in [5.74, 6) is -0.974. The number of esters is 3. The van der Waals surface area contributed by atoms with Crippen LogP contribution in [0.2, 0.25) is 0 Å². The molecule has 0 aromatic carbocycles. The molecule has 1 atom stereocenters. The van der Waals surface area contributed by atoms with Gasteiger partial charge < -0.3 is 14.2 Å². The van der Waals surface area contributed by atoms with Crippen LogP contribution in [0.3, 0.4) is 0 Å². The Morgan fingerprint density at radius 2 is 0.542 bits per heavy atom. The first-order chi connectivity index (χ1) is 35.5. The highest BCUT2D eigenvalue weighted by atomic mass is 16.6. The van der Waals surface area contributed by atoms with Gasteiger partial charge in [-0.2, -0.15) is 0 Å². The molecule has 0 aliphatic rings. The molecule has 0 fully saturated rings. The quantitative estimate of drug-likeness (QED) is 0.0261. The highest BCUT2D eigenvalue weighted by molar-refractivity contribution is 5.71. The van der Waals surface area contributed by atoms with Crippen molar-refractivity contribution in [2.45, 2.75) is 264 Å². The second-order valence-electron chi connectivity index (χ2n) is 19.1. The minimum absolute atomic E-state index is 0.110. The van der Waals surface area contributed by atoms with Gasteiger partial charge in [-0.3, -0.25) is 14.4 Å². The predicted molar refractivity (Wildman–Crippen MR) is 311 cm³/mol. The molecule has 0 aromatic rings. The number of rotatable bonds is 52. The Kier molecular flexibility index (Phi) is 55.9. The molecule has 0 spiro atoms. The fraction of sp³-hybridized carbons (Fsp3) is 0.652. The van der Waals surface area contributed by atoms with Crippen molar-refractivity contribution < 1.29 is 28.6 Å². The minimum Gasteiger partial charge on any atom is -0.462 e. The lowest BCUT2D eigenvalue weighted by molar-refractivity contribution is -0.167. The van der Waals surface area contributed by atoms with Crippen LogP contribution in [0.5, 0.6) is 0 Å². The molecule has 0 amide bonds. The van der Waals surface area contributed by atoms with Gasteiger partial charge in [-0.05, 0) is 128 Å². The lowest BCUT2D eigenvalue weighted by atomic mass is 10.1. The smallest absolute Gasteiger partial charge is 0.306 e. The average molecular weight is 998 g/mol. The van der Waals surface area contributed by atoms with Crippen molar-refractivity contribution in [3.63, 3.8) is 0 Å². The number of hydrogen-bond acceptors (Lipinski definition) is 6. The van der Waals surface area contributed by atoms with E-state index < -0.39 is 6.10 Å². The molecule has 1 unspecified atom stereocenters. The second kappa shape index (κ2) is 59.4. The van der Waals surface area contributed by atoms with E-state index in [1.807, 2.05) is 0 Å². The van der Waals surface area contributed by atoms with Crippen molar-refractivity contribution in [3.8, 4) is 0 Å².